The Morgan fingerprint density at radius 1 is 1.04 bits per heavy atom. The Balaban J connectivity index is 1.85. The predicted octanol–water partition coefficient (Wildman–Crippen LogP) is 4.72. The molecule has 0 aliphatic heterocycles. The summed E-state index contributed by atoms with van der Waals surface area (Å²) in [6.45, 7) is 4.10. The van der Waals surface area contributed by atoms with Crippen LogP contribution in [0, 0.1) is 13.8 Å². The summed E-state index contributed by atoms with van der Waals surface area (Å²) in [5.74, 6) is 0.757. The molecule has 1 N–H and O–H groups in total. The van der Waals surface area contributed by atoms with Crippen LogP contribution in [0.5, 0.6) is 5.75 Å². The Morgan fingerprint density at radius 3 is 2.50 bits per heavy atom. The van der Waals surface area contributed by atoms with Gasteiger partial charge in [0.1, 0.15) is 5.75 Å². The maximum atomic E-state index is 10.7. The topological polar surface area (TPSA) is 45.6 Å². The van der Waals surface area contributed by atoms with Crippen molar-refractivity contribution in [3.8, 4) is 17.0 Å². The molecule has 1 heterocycles. The van der Waals surface area contributed by atoms with Gasteiger partial charge in [-0.15, -0.1) is 0 Å². The fraction of sp³-hybridized carbons (Fsp3) is 0.292. The second-order valence-corrected chi connectivity index (χ2v) is 7.41. The normalized spacial score (nSPS) is 11.9. The van der Waals surface area contributed by atoms with Crippen molar-refractivity contribution in [2.24, 2.45) is 0 Å². The minimum absolute atomic E-state index is 0.454. The van der Waals surface area contributed by atoms with Crippen molar-refractivity contribution in [2.75, 3.05) is 26.1 Å². The number of anilines is 1. The van der Waals surface area contributed by atoms with E-state index in [2.05, 4.69) is 30.0 Å². The van der Waals surface area contributed by atoms with Crippen molar-refractivity contribution in [2.45, 2.75) is 26.4 Å². The SMILES string of the molecule is COc1cc(C)cc(C(O)Cc2cccc(-c3ccc(N(C)C)cc3C)n2)c1. The summed E-state index contributed by atoms with van der Waals surface area (Å²) in [6, 6.07) is 18.2. The van der Waals surface area contributed by atoms with E-state index in [0.717, 1.165) is 33.8 Å². The predicted molar refractivity (Wildman–Crippen MR) is 115 cm³/mol. The number of benzene rings is 2. The van der Waals surface area contributed by atoms with E-state index < -0.39 is 6.10 Å². The molecule has 0 aliphatic carbocycles. The van der Waals surface area contributed by atoms with Gasteiger partial charge in [-0.1, -0.05) is 18.2 Å². The molecule has 1 atom stereocenters. The molecule has 0 aliphatic rings. The molecule has 0 radical (unpaired) electrons. The zero-order valence-electron chi connectivity index (χ0n) is 17.2. The van der Waals surface area contributed by atoms with Crippen molar-refractivity contribution in [1.29, 1.82) is 0 Å². The molecule has 3 rings (SSSR count). The van der Waals surface area contributed by atoms with Gasteiger partial charge in [0.2, 0.25) is 0 Å². The van der Waals surface area contributed by atoms with Crippen molar-refractivity contribution in [3.05, 3.63) is 77.0 Å². The molecule has 0 amide bonds. The van der Waals surface area contributed by atoms with E-state index in [1.54, 1.807) is 7.11 Å². The highest BCUT2D eigenvalue weighted by molar-refractivity contribution is 5.67. The molecule has 4 heteroatoms. The number of ether oxygens (including phenoxy) is 1. The fourth-order valence-corrected chi connectivity index (χ4v) is 3.36. The molecule has 0 spiro atoms. The number of aliphatic hydroxyl groups is 1. The Bertz CT molecular complexity index is 967. The quantitative estimate of drug-likeness (QED) is 0.676. The first kappa shape index (κ1) is 19.9. The lowest BCUT2D eigenvalue weighted by molar-refractivity contribution is 0.177. The molecule has 28 heavy (non-hydrogen) atoms. The standard InChI is InChI=1S/C24H28N2O2/c1-16-11-18(14-21(12-16)28-5)24(27)15-19-7-6-8-23(25-19)22-10-9-20(26(3)4)13-17(22)2/h6-14,24,27H,15H2,1-5H3. The van der Waals surface area contributed by atoms with Crippen LogP contribution in [0.3, 0.4) is 0 Å². The lowest BCUT2D eigenvalue weighted by Gasteiger charge is -2.16. The summed E-state index contributed by atoms with van der Waals surface area (Å²) in [6.07, 6.45) is -0.177. The van der Waals surface area contributed by atoms with Gasteiger partial charge in [-0.2, -0.15) is 0 Å². The molecule has 146 valence electrons. The number of nitrogens with zero attached hydrogens (tertiary/aromatic N) is 2. The Labute approximate surface area is 167 Å². The van der Waals surface area contributed by atoms with Gasteiger partial charge in [-0.05, 0) is 66.9 Å². The second kappa shape index (κ2) is 8.44. The number of aryl methyl sites for hydroxylation is 2. The smallest absolute Gasteiger partial charge is 0.119 e. The van der Waals surface area contributed by atoms with Crippen LogP contribution < -0.4 is 9.64 Å². The van der Waals surface area contributed by atoms with Gasteiger partial charge >= 0.3 is 0 Å². The first-order chi connectivity index (χ1) is 13.4. The second-order valence-electron chi connectivity index (χ2n) is 7.41. The highest BCUT2D eigenvalue weighted by Crippen LogP contribution is 2.27. The van der Waals surface area contributed by atoms with E-state index in [1.165, 1.54) is 11.3 Å². The maximum absolute atomic E-state index is 10.7. The van der Waals surface area contributed by atoms with Crippen LogP contribution in [0.25, 0.3) is 11.3 Å². The zero-order valence-corrected chi connectivity index (χ0v) is 17.2. The van der Waals surface area contributed by atoms with Crippen LogP contribution in [-0.4, -0.2) is 31.3 Å². The summed E-state index contributed by atoms with van der Waals surface area (Å²) < 4.78 is 5.32. The molecule has 0 saturated carbocycles. The molecule has 3 aromatic rings. The van der Waals surface area contributed by atoms with Crippen LogP contribution >= 0.6 is 0 Å². The van der Waals surface area contributed by atoms with Gasteiger partial charge in [0.25, 0.3) is 0 Å². The average molecular weight is 377 g/mol. The third-order valence-electron chi connectivity index (χ3n) is 4.91. The maximum Gasteiger partial charge on any atom is 0.119 e. The number of hydrogen-bond donors (Lipinski definition) is 1. The van der Waals surface area contributed by atoms with E-state index in [1.807, 2.05) is 57.4 Å². The minimum Gasteiger partial charge on any atom is -0.497 e. The fourth-order valence-electron chi connectivity index (χ4n) is 3.36. The lowest BCUT2D eigenvalue weighted by Crippen LogP contribution is -2.08. The van der Waals surface area contributed by atoms with Crippen LogP contribution in [-0.2, 0) is 6.42 Å². The first-order valence-corrected chi connectivity index (χ1v) is 9.45. The molecular formula is C24H28N2O2. The number of aliphatic hydroxyl groups excluding tert-OH is 1. The van der Waals surface area contributed by atoms with Gasteiger partial charge in [-0.25, -0.2) is 0 Å². The molecular weight excluding hydrogens is 348 g/mol. The van der Waals surface area contributed by atoms with E-state index >= 15 is 0 Å². The Morgan fingerprint density at radius 2 is 1.82 bits per heavy atom. The van der Waals surface area contributed by atoms with Crippen LogP contribution in [0.2, 0.25) is 0 Å². The average Bonchev–Trinajstić information content (AvgIpc) is 2.67. The molecule has 0 saturated heterocycles. The van der Waals surface area contributed by atoms with Gasteiger partial charge in [-0.3, -0.25) is 4.98 Å². The Hall–Kier alpha value is -2.85. The minimum atomic E-state index is -0.631. The number of rotatable bonds is 6. The van der Waals surface area contributed by atoms with Crippen LogP contribution in [0.1, 0.15) is 28.5 Å². The molecule has 0 fully saturated rings. The largest absolute Gasteiger partial charge is 0.497 e. The van der Waals surface area contributed by atoms with Gasteiger partial charge in [0.15, 0.2) is 0 Å². The van der Waals surface area contributed by atoms with E-state index in [0.29, 0.717) is 6.42 Å². The molecule has 1 unspecified atom stereocenters. The van der Waals surface area contributed by atoms with Crippen LogP contribution in [0.4, 0.5) is 5.69 Å². The molecule has 0 bridgehead atoms. The third kappa shape index (κ3) is 4.52. The van der Waals surface area contributed by atoms with Gasteiger partial charge in [0, 0.05) is 37.5 Å². The number of aromatic nitrogens is 1. The number of hydrogen-bond acceptors (Lipinski definition) is 4. The summed E-state index contributed by atoms with van der Waals surface area (Å²) in [4.78, 5) is 6.89. The monoisotopic (exact) mass is 376 g/mol. The third-order valence-corrected chi connectivity index (χ3v) is 4.91. The lowest BCUT2D eigenvalue weighted by atomic mass is 10.0. The molecule has 2 aromatic carbocycles. The van der Waals surface area contributed by atoms with E-state index in [9.17, 15) is 5.11 Å². The summed E-state index contributed by atoms with van der Waals surface area (Å²) in [5.41, 5.74) is 7.15. The summed E-state index contributed by atoms with van der Waals surface area (Å²) >= 11 is 0. The number of pyridine rings is 1. The van der Waals surface area contributed by atoms with Crippen molar-refractivity contribution in [1.82, 2.24) is 4.98 Å². The first-order valence-electron chi connectivity index (χ1n) is 9.45. The zero-order chi connectivity index (χ0) is 20.3. The van der Waals surface area contributed by atoms with Crippen molar-refractivity contribution < 1.29 is 9.84 Å². The van der Waals surface area contributed by atoms with Gasteiger partial charge in [0.05, 0.1) is 18.9 Å². The Kier molecular flexibility index (Phi) is 6.00. The number of methoxy groups -OCH3 is 1. The van der Waals surface area contributed by atoms with Crippen LogP contribution in [0.15, 0.2) is 54.6 Å². The van der Waals surface area contributed by atoms with E-state index in [-0.39, 0.29) is 0 Å². The van der Waals surface area contributed by atoms with E-state index in [4.69, 9.17) is 9.72 Å². The van der Waals surface area contributed by atoms with Gasteiger partial charge < -0.3 is 14.7 Å². The van der Waals surface area contributed by atoms with Crippen molar-refractivity contribution >= 4 is 5.69 Å². The van der Waals surface area contributed by atoms with Crippen molar-refractivity contribution in [3.63, 3.8) is 0 Å². The highest BCUT2D eigenvalue weighted by Gasteiger charge is 2.13. The summed E-state index contributed by atoms with van der Waals surface area (Å²) in [7, 11) is 5.71. The molecule has 4 nitrogen and oxygen atoms in total. The summed E-state index contributed by atoms with van der Waals surface area (Å²) in [5, 5.41) is 10.7. The molecule has 1 aromatic heterocycles. The highest BCUT2D eigenvalue weighted by atomic mass is 16.5.